The molecule has 1 aliphatic carbocycles. The normalized spacial score (nSPS) is 16.7. The summed E-state index contributed by atoms with van der Waals surface area (Å²) in [5, 5.41) is 12.3. The third-order valence-corrected chi connectivity index (χ3v) is 4.51. The van der Waals surface area contributed by atoms with E-state index >= 15 is 0 Å². The van der Waals surface area contributed by atoms with E-state index in [2.05, 4.69) is 47.0 Å². The van der Waals surface area contributed by atoms with Crippen LogP contribution in [0.15, 0.2) is 42.5 Å². The third-order valence-electron chi connectivity index (χ3n) is 4.51. The van der Waals surface area contributed by atoms with Gasteiger partial charge in [-0.2, -0.15) is 0 Å². The summed E-state index contributed by atoms with van der Waals surface area (Å²) in [5.41, 5.74) is 3.89. The number of nitrogens with zero attached hydrogens (tertiary/aromatic N) is 1. The molecule has 2 aromatic carbocycles. The highest BCUT2D eigenvalue weighted by atomic mass is 16.3. The van der Waals surface area contributed by atoms with Crippen molar-refractivity contribution in [2.75, 3.05) is 0 Å². The maximum Gasteiger partial charge on any atom is 0.0552 e. The molecule has 1 saturated carbocycles. The molecule has 1 unspecified atom stereocenters. The SMILES string of the molecule is CC(O)Cc1ccc2c(c1)c1ccccc1n2CC1CC1. The van der Waals surface area contributed by atoms with Crippen LogP contribution in [0.25, 0.3) is 21.8 Å². The lowest BCUT2D eigenvalue weighted by atomic mass is 10.1. The smallest absolute Gasteiger partial charge is 0.0552 e. The molecular formula is C19H21NO. The zero-order valence-corrected chi connectivity index (χ0v) is 12.4. The van der Waals surface area contributed by atoms with E-state index in [1.165, 1.54) is 40.2 Å². The fraction of sp³-hybridized carbons (Fsp3) is 0.368. The van der Waals surface area contributed by atoms with Gasteiger partial charge in [-0.3, -0.25) is 0 Å². The van der Waals surface area contributed by atoms with Gasteiger partial charge in [0.15, 0.2) is 0 Å². The van der Waals surface area contributed by atoms with Crippen molar-refractivity contribution in [2.24, 2.45) is 5.92 Å². The zero-order chi connectivity index (χ0) is 14.4. The molecule has 1 atom stereocenters. The van der Waals surface area contributed by atoms with E-state index in [0.29, 0.717) is 0 Å². The Kier molecular flexibility index (Phi) is 3.00. The summed E-state index contributed by atoms with van der Waals surface area (Å²) in [4.78, 5) is 0. The van der Waals surface area contributed by atoms with E-state index < -0.39 is 0 Å². The van der Waals surface area contributed by atoms with E-state index in [1.54, 1.807) is 0 Å². The molecule has 1 aliphatic rings. The van der Waals surface area contributed by atoms with Crippen LogP contribution in [0.4, 0.5) is 0 Å². The second-order valence-corrected chi connectivity index (χ2v) is 6.48. The third kappa shape index (κ3) is 2.34. The van der Waals surface area contributed by atoms with Gasteiger partial charge in [0.05, 0.1) is 6.10 Å². The van der Waals surface area contributed by atoms with Gasteiger partial charge in [0.2, 0.25) is 0 Å². The monoisotopic (exact) mass is 279 g/mol. The van der Waals surface area contributed by atoms with Crippen LogP contribution >= 0.6 is 0 Å². The molecule has 21 heavy (non-hydrogen) atoms. The lowest BCUT2D eigenvalue weighted by Crippen LogP contribution is -2.04. The summed E-state index contributed by atoms with van der Waals surface area (Å²) in [7, 11) is 0. The average molecular weight is 279 g/mol. The van der Waals surface area contributed by atoms with Gasteiger partial charge in [0.25, 0.3) is 0 Å². The van der Waals surface area contributed by atoms with Gasteiger partial charge in [0.1, 0.15) is 0 Å². The molecule has 0 amide bonds. The highest BCUT2D eigenvalue weighted by Gasteiger charge is 2.23. The van der Waals surface area contributed by atoms with Crippen LogP contribution in [-0.2, 0) is 13.0 Å². The van der Waals surface area contributed by atoms with Gasteiger partial charge < -0.3 is 9.67 Å². The molecule has 0 saturated heterocycles. The van der Waals surface area contributed by atoms with Crippen molar-refractivity contribution in [2.45, 2.75) is 38.8 Å². The highest BCUT2D eigenvalue weighted by molar-refractivity contribution is 6.08. The number of para-hydroxylation sites is 1. The second-order valence-electron chi connectivity index (χ2n) is 6.48. The maximum atomic E-state index is 9.62. The van der Waals surface area contributed by atoms with Crippen molar-refractivity contribution in [1.29, 1.82) is 0 Å². The largest absolute Gasteiger partial charge is 0.393 e. The van der Waals surface area contributed by atoms with Crippen molar-refractivity contribution >= 4 is 21.8 Å². The molecule has 0 aliphatic heterocycles. The number of benzene rings is 2. The standard InChI is InChI=1S/C19H21NO/c1-13(21)10-15-8-9-19-17(11-15)16-4-2-3-5-18(16)20(19)12-14-6-7-14/h2-5,8-9,11,13-14,21H,6-7,10,12H2,1H3. The molecule has 1 N–H and O–H groups in total. The van der Waals surface area contributed by atoms with Crippen molar-refractivity contribution in [1.82, 2.24) is 4.57 Å². The lowest BCUT2D eigenvalue weighted by Gasteiger charge is -2.07. The Labute approximate surface area is 125 Å². The minimum absolute atomic E-state index is 0.290. The first kappa shape index (κ1) is 12.9. The highest BCUT2D eigenvalue weighted by Crippen LogP contribution is 2.36. The van der Waals surface area contributed by atoms with E-state index in [4.69, 9.17) is 0 Å². The molecule has 108 valence electrons. The van der Waals surface area contributed by atoms with Gasteiger partial charge in [-0.05, 0) is 55.9 Å². The van der Waals surface area contributed by atoms with Crippen molar-refractivity contribution in [3.63, 3.8) is 0 Å². The quantitative estimate of drug-likeness (QED) is 0.763. The molecule has 4 rings (SSSR count). The minimum atomic E-state index is -0.290. The summed E-state index contributed by atoms with van der Waals surface area (Å²) >= 11 is 0. The molecule has 1 aromatic heterocycles. The van der Waals surface area contributed by atoms with E-state index in [0.717, 1.165) is 18.9 Å². The summed E-state index contributed by atoms with van der Waals surface area (Å²) in [5.74, 6) is 0.862. The van der Waals surface area contributed by atoms with Crippen LogP contribution < -0.4 is 0 Å². The van der Waals surface area contributed by atoms with Crippen molar-refractivity contribution in [3.05, 3.63) is 48.0 Å². The molecule has 1 heterocycles. The molecule has 0 spiro atoms. The molecule has 0 radical (unpaired) electrons. The number of aromatic nitrogens is 1. The Morgan fingerprint density at radius 3 is 2.62 bits per heavy atom. The number of aliphatic hydroxyl groups excluding tert-OH is 1. The van der Waals surface area contributed by atoms with Crippen molar-refractivity contribution < 1.29 is 5.11 Å². The van der Waals surface area contributed by atoms with Crippen LogP contribution in [0, 0.1) is 5.92 Å². The first-order chi connectivity index (χ1) is 10.2. The molecular weight excluding hydrogens is 258 g/mol. The van der Waals surface area contributed by atoms with Gasteiger partial charge in [-0.25, -0.2) is 0 Å². The molecule has 3 aromatic rings. The van der Waals surface area contributed by atoms with E-state index in [9.17, 15) is 5.11 Å². The Morgan fingerprint density at radius 2 is 1.86 bits per heavy atom. The number of aliphatic hydroxyl groups is 1. The Bertz CT molecular complexity index is 796. The van der Waals surface area contributed by atoms with Crippen LogP contribution in [-0.4, -0.2) is 15.8 Å². The van der Waals surface area contributed by atoms with Crippen LogP contribution in [0.5, 0.6) is 0 Å². The second kappa shape index (κ2) is 4.88. The van der Waals surface area contributed by atoms with E-state index in [-0.39, 0.29) is 6.10 Å². The Balaban J connectivity index is 1.92. The summed E-state index contributed by atoms with van der Waals surface area (Å²) in [6.07, 6.45) is 3.17. The maximum absolute atomic E-state index is 9.62. The van der Waals surface area contributed by atoms with Crippen LogP contribution in [0.1, 0.15) is 25.3 Å². The van der Waals surface area contributed by atoms with Crippen LogP contribution in [0.3, 0.4) is 0 Å². The lowest BCUT2D eigenvalue weighted by molar-refractivity contribution is 0.195. The molecule has 0 bridgehead atoms. The first-order valence-corrected chi connectivity index (χ1v) is 7.90. The summed E-state index contributed by atoms with van der Waals surface area (Å²) in [6, 6.07) is 15.3. The number of rotatable bonds is 4. The predicted octanol–water partition coefficient (Wildman–Crippen LogP) is 4.13. The topological polar surface area (TPSA) is 25.2 Å². The number of hydrogen-bond acceptors (Lipinski definition) is 1. The molecule has 1 fully saturated rings. The Morgan fingerprint density at radius 1 is 1.10 bits per heavy atom. The predicted molar refractivity (Wildman–Crippen MR) is 87.6 cm³/mol. The zero-order valence-electron chi connectivity index (χ0n) is 12.4. The summed E-state index contributed by atoms with van der Waals surface area (Å²) in [6.45, 7) is 2.99. The van der Waals surface area contributed by atoms with E-state index in [1.807, 2.05) is 6.92 Å². The number of fused-ring (bicyclic) bond motifs is 3. The molecule has 2 nitrogen and oxygen atoms in total. The average Bonchev–Trinajstić information content (AvgIpc) is 3.23. The minimum Gasteiger partial charge on any atom is -0.393 e. The first-order valence-electron chi connectivity index (χ1n) is 7.90. The Hall–Kier alpha value is -1.80. The van der Waals surface area contributed by atoms with Gasteiger partial charge >= 0.3 is 0 Å². The summed E-state index contributed by atoms with van der Waals surface area (Å²) < 4.78 is 2.48. The van der Waals surface area contributed by atoms with Crippen LogP contribution in [0.2, 0.25) is 0 Å². The fourth-order valence-electron chi connectivity index (χ4n) is 3.32. The van der Waals surface area contributed by atoms with Gasteiger partial charge in [-0.15, -0.1) is 0 Å². The van der Waals surface area contributed by atoms with Gasteiger partial charge in [0, 0.05) is 28.4 Å². The number of hydrogen-bond donors (Lipinski definition) is 1. The molecule has 2 heteroatoms. The van der Waals surface area contributed by atoms with Gasteiger partial charge in [-0.1, -0.05) is 24.3 Å². The fourth-order valence-corrected chi connectivity index (χ4v) is 3.32. The van der Waals surface area contributed by atoms with Crippen molar-refractivity contribution in [3.8, 4) is 0 Å².